The summed E-state index contributed by atoms with van der Waals surface area (Å²) in [6, 6.07) is 7.24. The highest BCUT2D eigenvalue weighted by Crippen LogP contribution is 2.21. The Morgan fingerprint density at radius 3 is 2.68 bits per heavy atom. The van der Waals surface area contributed by atoms with Crippen LogP contribution >= 0.6 is 28.1 Å². The Balaban J connectivity index is 2.31. The molecule has 2 rings (SSSR count). The normalized spacial score (nSPS) is 10.2. The summed E-state index contributed by atoms with van der Waals surface area (Å²) in [6.07, 6.45) is 0. The van der Waals surface area contributed by atoms with Crippen molar-refractivity contribution in [2.24, 2.45) is 5.73 Å². The molecule has 3 N–H and O–H groups in total. The number of carbonyl (C=O) groups excluding carboxylic acids is 1. The van der Waals surface area contributed by atoms with Crippen molar-refractivity contribution < 1.29 is 13.6 Å². The molecular weight excluding hydrogens is 335 g/mol. The SMILES string of the molecule is NC(=S)c1c(F)cccc1NC(=O)c1ccc(Br)o1. The molecule has 1 heterocycles. The largest absolute Gasteiger partial charge is 0.444 e. The fourth-order valence-corrected chi connectivity index (χ4v) is 2.01. The fraction of sp³-hybridized carbons (Fsp3) is 0. The number of anilines is 1. The van der Waals surface area contributed by atoms with E-state index in [4.69, 9.17) is 22.4 Å². The third-order valence-electron chi connectivity index (χ3n) is 2.31. The highest BCUT2D eigenvalue weighted by molar-refractivity contribution is 9.10. The van der Waals surface area contributed by atoms with Gasteiger partial charge in [-0.15, -0.1) is 0 Å². The highest BCUT2D eigenvalue weighted by Gasteiger charge is 2.16. The van der Waals surface area contributed by atoms with Crippen molar-refractivity contribution in [3.63, 3.8) is 0 Å². The molecule has 0 saturated heterocycles. The molecule has 1 amide bonds. The lowest BCUT2D eigenvalue weighted by molar-refractivity contribution is 0.0995. The van der Waals surface area contributed by atoms with Gasteiger partial charge in [0.25, 0.3) is 5.91 Å². The highest BCUT2D eigenvalue weighted by atomic mass is 79.9. The first-order chi connectivity index (χ1) is 8.99. The van der Waals surface area contributed by atoms with E-state index in [1.165, 1.54) is 24.3 Å². The summed E-state index contributed by atoms with van der Waals surface area (Å²) in [5.74, 6) is -1.02. The van der Waals surface area contributed by atoms with Gasteiger partial charge in [0.15, 0.2) is 10.4 Å². The van der Waals surface area contributed by atoms with Crippen LogP contribution in [-0.2, 0) is 0 Å². The summed E-state index contributed by atoms with van der Waals surface area (Å²) in [4.78, 5) is 11.8. The molecule has 19 heavy (non-hydrogen) atoms. The second kappa shape index (κ2) is 5.50. The van der Waals surface area contributed by atoms with E-state index in [0.29, 0.717) is 4.67 Å². The van der Waals surface area contributed by atoms with Gasteiger partial charge in [-0.05, 0) is 40.2 Å². The third-order valence-corrected chi connectivity index (χ3v) is 2.94. The second-order valence-electron chi connectivity index (χ2n) is 3.58. The average Bonchev–Trinajstić information content (AvgIpc) is 2.75. The van der Waals surface area contributed by atoms with E-state index in [2.05, 4.69) is 21.2 Å². The summed E-state index contributed by atoms with van der Waals surface area (Å²) in [5.41, 5.74) is 5.64. The van der Waals surface area contributed by atoms with E-state index in [-0.39, 0.29) is 22.0 Å². The quantitative estimate of drug-likeness (QED) is 0.841. The van der Waals surface area contributed by atoms with Crippen molar-refractivity contribution in [3.8, 4) is 0 Å². The molecule has 0 bridgehead atoms. The summed E-state index contributed by atoms with van der Waals surface area (Å²) in [6.45, 7) is 0. The van der Waals surface area contributed by atoms with Crippen LogP contribution in [0.25, 0.3) is 0 Å². The lowest BCUT2D eigenvalue weighted by Crippen LogP contribution is -2.18. The van der Waals surface area contributed by atoms with E-state index in [1.54, 1.807) is 6.07 Å². The first kappa shape index (κ1) is 13.7. The molecule has 98 valence electrons. The number of furan rings is 1. The standard InChI is InChI=1S/C12H8BrFN2O2S/c13-9-5-4-8(18-9)12(17)16-7-3-1-2-6(14)10(7)11(15)19/h1-5H,(H2,15,19)(H,16,17). The van der Waals surface area contributed by atoms with Gasteiger partial charge in [-0.2, -0.15) is 0 Å². The van der Waals surface area contributed by atoms with Crippen LogP contribution in [0.2, 0.25) is 0 Å². The van der Waals surface area contributed by atoms with Gasteiger partial charge in [0.05, 0.1) is 11.3 Å². The minimum atomic E-state index is -0.592. The second-order valence-corrected chi connectivity index (χ2v) is 4.81. The fourth-order valence-electron chi connectivity index (χ4n) is 1.50. The van der Waals surface area contributed by atoms with E-state index in [9.17, 15) is 9.18 Å². The molecule has 1 aromatic carbocycles. The molecule has 7 heteroatoms. The van der Waals surface area contributed by atoms with Crippen molar-refractivity contribution >= 4 is 44.7 Å². The zero-order chi connectivity index (χ0) is 14.0. The summed E-state index contributed by atoms with van der Waals surface area (Å²) < 4.78 is 19.1. The predicted molar refractivity (Wildman–Crippen MR) is 76.6 cm³/mol. The number of halogens is 2. The summed E-state index contributed by atoms with van der Waals surface area (Å²) in [5, 5.41) is 2.50. The Labute approximate surface area is 121 Å². The Hall–Kier alpha value is -1.73. The Bertz CT molecular complexity index is 657. The van der Waals surface area contributed by atoms with Gasteiger partial charge in [-0.3, -0.25) is 4.79 Å². The minimum Gasteiger partial charge on any atom is -0.444 e. The van der Waals surface area contributed by atoms with Crippen LogP contribution in [0.15, 0.2) is 39.4 Å². The zero-order valence-electron chi connectivity index (χ0n) is 9.44. The van der Waals surface area contributed by atoms with Crippen molar-refractivity contribution in [1.82, 2.24) is 0 Å². The molecule has 0 radical (unpaired) electrons. The van der Waals surface area contributed by atoms with Crippen LogP contribution in [0.4, 0.5) is 10.1 Å². The van der Waals surface area contributed by atoms with E-state index in [0.717, 1.165) is 0 Å². The number of nitrogens with two attached hydrogens (primary N) is 1. The van der Waals surface area contributed by atoms with Crippen LogP contribution in [0.5, 0.6) is 0 Å². The topological polar surface area (TPSA) is 68.3 Å². The van der Waals surface area contributed by atoms with E-state index in [1.807, 2.05) is 0 Å². The van der Waals surface area contributed by atoms with Crippen LogP contribution in [-0.4, -0.2) is 10.9 Å². The maximum Gasteiger partial charge on any atom is 0.291 e. The van der Waals surface area contributed by atoms with Crippen molar-refractivity contribution in [2.75, 3.05) is 5.32 Å². The summed E-state index contributed by atoms with van der Waals surface area (Å²) in [7, 11) is 0. The number of carbonyl (C=O) groups is 1. The first-order valence-electron chi connectivity index (χ1n) is 5.14. The number of amides is 1. The lowest BCUT2D eigenvalue weighted by Gasteiger charge is -2.09. The molecule has 0 aliphatic rings. The smallest absolute Gasteiger partial charge is 0.291 e. The molecule has 0 aliphatic heterocycles. The van der Waals surface area contributed by atoms with Crippen LogP contribution in [0.1, 0.15) is 16.1 Å². The number of thiocarbonyl (C=S) groups is 1. The van der Waals surface area contributed by atoms with Gasteiger partial charge < -0.3 is 15.5 Å². The average molecular weight is 343 g/mol. The number of benzene rings is 1. The molecule has 2 aromatic rings. The monoisotopic (exact) mass is 342 g/mol. The van der Waals surface area contributed by atoms with Gasteiger partial charge in [0.2, 0.25) is 0 Å². The Morgan fingerprint density at radius 1 is 1.37 bits per heavy atom. The van der Waals surface area contributed by atoms with Crippen molar-refractivity contribution in [2.45, 2.75) is 0 Å². The van der Waals surface area contributed by atoms with E-state index >= 15 is 0 Å². The van der Waals surface area contributed by atoms with Crippen molar-refractivity contribution in [3.05, 3.63) is 52.1 Å². The minimum absolute atomic E-state index is 0.00327. The molecule has 0 fully saturated rings. The van der Waals surface area contributed by atoms with Crippen LogP contribution in [0.3, 0.4) is 0 Å². The van der Waals surface area contributed by atoms with E-state index < -0.39 is 11.7 Å². The van der Waals surface area contributed by atoms with Crippen LogP contribution in [0, 0.1) is 5.82 Å². The van der Waals surface area contributed by atoms with Gasteiger partial charge in [-0.1, -0.05) is 18.3 Å². The zero-order valence-corrected chi connectivity index (χ0v) is 11.8. The molecule has 0 aliphatic carbocycles. The van der Waals surface area contributed by atoms with Gasteiger partial charge in [0.1, 0.15) is 10.8 Å². The van der Waals surface area contributed by atoms with Gasteiger partial charge in [-0.25, -0.2) is 4.39 Å². The molecule has 0 saturated carbocycles. The maximum atomic E-state index is 13.6. The number of hydrogen-bond donors (Lipinski definition) is 2. The van der Waals surface area contributed by atoms with Crippen LogP contribution < -0.4 is 11.1 Å². The number of hydrogen-bond acceptors (Lipinski definition) is 3. The van der Waals surface area contributed by atoms with Gasteiger partial charge >= 0.3 is 0 Å². The molecule has 1 aromatic heterocycles. The van der Waals surface area contributed by atoms with Gasteiger partial charge in [0, 0.05) is 0 Å². The molecule has 0 spiro atoms. The molecule has 4 nitrogen and oxygen atoms in total. The predicted octanol–water partition coefficient (Wildman–Crippen LogP) is 3.07. The molecular formula is C12H8BrFN2O2S. The number of nitrogens with one attached hydrogen (secondary N) is 1. The molecule has 0 unspecified atom stereocenters. The summed E-state index contributed by atoms with van der Waals surface area (Å²) >= 11 is 7.85. The Morgan fingerprint density at radius 2 is 2.11 bits per heavy atom. The Kier molecular flexibility index (Phi) is 3.96. The lowest BCUT2D eigenvalue weighted by atomic mass is 10.1. The van der Waals surface area contributed by atoms with Crippen molar-refractivity contribution in [1.29, 1.82) is 0 Å². The first-order valence-corrected chi connectivity index (χ1v) is 6.34. The maximum absolute atomic E-state index is 13.6. The number of rotatable bonds is 3. The third kappa shape index (κ3) is 2.99. The molecule has 0 atom stereocenters.